The molecule has 1 heterocycles. The molecule has 2 atom stereocenters. The Kier molecular flexibility index (Phi) is 7.85. The summed E-state index contributed by atoms with van der Waals surface area (Å²) in [6.45, 7) is -0.387. The van der Waals surface area contributed by atoms with E-state index in [-0.39, 0.29) is 76.7 Å². The number of carbonyl (C=O) groups excluding carboxylic acids is 3. The number of benzene rings is 1. The SMILES string of the molecule is CN1C(=O)CC(C(=O)N[C@@H](CCO)C(=O)[O-])c2ccccc21.[K+]. The summed E-state index contributed by atoms with van der Waals surface area (Å²) in [5.41, 5.74) is 1.30. The summed E-state index contributed by atoms with van der Waals surface area (Å²) in [5.74, 6) is -2.99. The van der Waals surface area contributed by atoms with Crippen LogP contribution in [-0.2, 0) is 14.4 Å². The number of carbonyl (C=O) groups is 3. The first-order valence-electron chi connectivity index (χ1n) is 6.93. The summed E-state index contributed by atoms with van der Waals surface area (Å²) in [6, 6.07) is 5.71. The molecule has 7 nitrogen and oxygen atoms in total. The summed E-state index contributed by atoms with van der Waals surface area (Å²) in [5, 5.41) is 22.1. The van der Waals surface area contributed by atoms with Gasteiger partial charge in [0.2, 0.25) is 11.8 Å². The molecule has 0 bridgehead atoms. The molecule has 1 aromatic carbocycles. The minimum Gasteiger partial charge on any atom is -0.548 e. The number of aliphatic hydroxyl groups excluding tert-OH is 1. The van der Waals surface area contributed by atoms with Crippen LogP contribution in [0.2, 0.25) is 0 Å². The van der Waals surface area contributed by atoms with Gasteiger partial charge in [-0.15, -0.1) is 0 Å². The Morgan fingerprint density at radius 2 is 2.09 bits per heavy atom. The molecule has 0 spiro atoms. The number of para-hydroxylation sites is 1. The van der Waals surface area contributed by atoms with Crippen LogP contribution >= 0.6 is 0 Å². The molecule has 1 aromatic rings. The Morgan fingerprint density at radius 3 is 2.70 bits per heavy atom. The fourth-order valence-corrected chi connectivity index (χ4v) is 2.53. The van der Waals surface area contributed by atoms with Crippen molar-refractivity contribution in [1.82, 2.24) is 5.32 Å². The van der Waals surface area contributed by atoms with Crippen molar-refractivity contribution >= 4 is 23.5 Å². The van der Waals surface area contributed by atoms with Gasteiger partial charge in [0.1, 0.15) is 0 Å². The molecule has 1 unspecified atom stereocenters. The van der Waals surface area contributed by atoms with E-state index in [9.17, 15) is 19.5 Å². The molecule has 0 radical (unpaired) electrons. The number of fused-ring (bicyclic) bond motifs is 1. The van der Waals surface area contributed by atoms with Gasteiger partial charge in [0.25, 0.3) is 0 Å². The Morgan fingerprint density at radius 1 is 1.43 bits per heavy atom. The minimum absolute atomic E-state index is 0. The van der Waals surface area contributed by atoms with Gasteiger partial charge in [-0.2, -0.15) is 0 Å². The number of hydrogen-bond acceptors (Lipinski definition) is 5. The van der Waals surface area contributed by atoms with E-state index in [1.165, 1.54) is 4.90 Å². The third-order valence-corrected chi connectivity index (χ3v) is 3.76. The summed E-state index contributed by atoms with van der Waals surface area (Å²) in [7, 11) is 1.63. The maximum absolute atomic E-state index is 12.3. The standard InChI is InChI=1S/C15H18N2O5.K/c1-17-12-5-3-2-4-9(12)10(8-13(17)19)14(20)16-11(6-7-18)15(21)22;/h2-5,10-11,18H,6-8H2,1H3,(H,16,20)(H,21,22);/q;+1/p-1/t10?,11-;/m0./s1. The van der Waals surface area contributed by atoms with Gasteiger partial charge < -0.3 is 25.2 Å². The van der Waals surface area contributed by atoms with Gasteiger partial charge in [-0.1, -0.05) is 18.2 Å². The fraction of sp³-hybridized carbons (Fsp3) is 0.400. The van der Waals surface area contributed by atoms with Crippen molar-refractivity contribution in [3.8, 4) is 0 Å². The van der Waals surface area contributed by atoms with E-state index in [1.807, 2.05) is 0 Å². The number of carboxylic acids is 1. The molecule has 0 fully saturated rings. The summed E-state index contributed by atoms with van der Waals surface area (Å²) < 4.78 is 0. The average molecular weight is 344 g/mol. The van der Waals surface area contributed by atoms with Crippen molar-refractivity contribution in [1.29, 1.82) is 0 Å². The third kappa shape index (κ3) is 4.62. The largest absolute Gasteiger partial charge is 1.00 e. The number of rotatable bonds is 5. The van der Waals surface area contributed by atoms with Crippen molar-refractivity contribution in [2.24, 2.45) is 0 Å². The van der Waals surface area contributed by atoms with Crippen LogP contribution in [0.3, 0.4) is 0 Å². The number of hydrogen-bond donors (Lipinski definition) is 2. The van der Waals surface area contributed by atoms with Gasteiger partial charge in [0.15, 0.2) is 0 Å². The Balaban J connectivity index is 0.00000264. The fourth-order valence-electron chi connectivity index (χ4n) is 2.53. The van der Waals surface area contributed by atoms with E-state index in [4.69, 9.17) is 5.11 Å². The van der Waals surface area contributed by atoms with Crippen LogP contribution in [0.1, 0.15) is 24.3 Å². The number of aliphatic hydroxyl groups is 1. The maximum atomic E-state index is 12.3. The van der Waals surface area contributed by atoms with Crippen LogP contribution in [0.5, 0.6) is 0 Å². The topological polar surface area (TPSA) is 110 Å². The second kappa shape index (κ2) is 8.91. The average Bonchev–Trinajstić information content (AvgIpc) is 2.50. The van der Waals surface area contributed by atoms with E-state index >= 15 is 0 Å². The maximum Gasteiger partial charge on any atom is 1.00 e. The number of aliphatic carboxylic acids is 1. The number of nitrogens with zero attached hydrogens (tertiary/aromatic N) is 1. The summed E-state index contributed by atoms with van der Waals surface area (Å²) >= 11 is 0. The van der Waals surface area contributed by atoms with E-state index in [1.54, 1.807) is 31.3 Å². The molecular formula is C15H17KN2O5. The number of amides is 2. The second-order valence-corrected chi connectivity index (χ2v) is 5.16. The second-order valence-electron chi connectivity index (χ2n) is 5.16. The van der Waals surface area contributed by atoms with Crippen LogP contribution in [0, 0.1) is 0 Å². The molecule has 0 aliphatic carbocycles. The molecule has 0 aromatic heterocycles. The molecule has 1 aliphatic heterocycles. The summed E-state index contributed by atoms with van der Waals surface area (Å²) in [6.07, 6.45) is -0.172. The molecule has 118 valence electrons. The van der Waals surface area contributed by atoms with Crippen LogP contribution in [0.25, 0.3) is 0 Å². The number of nitrogens with one attached hydrogen (secondary N) is 1. The molecule has 0 saturated carbocycles. The molecular weight excluding hydrogens is 327 g/mol. The predicted octanol–water partition coefficient (Wildman–Crippen LogP) is -4.24. The zero-order chi connectivity index (χ0) is 16.3. The van der Waals surface area contributed by atoms with Crippen LogP contribution in [0.4, 0.5) is 5.69 Å². The van der Waals surface area contributed by atoms with Gasteiger partial charge in [0.05, 0.1) is 17.9 Å². The van der Waals surface area contributed by atoms with E-state index < -0.39 is 23.8 Å². The quantitative estimate of drug-likeness (QED) is 0.526. The van der Waals surface area contributed by atoms with Gasteiger partial charge >= 0.3 is 51.4 Å². The van der Waals surface area contributed by atoms with E-state index in [0.29, 0.717) is 11.3 Å². The van der Waals surface area contributed by atoms with Crippen molar-refractivity contribution in [2.75, 3.05) is 18.6 Å². The number of carboxylic acid groups (broad SMARTS) is 1. The van der Waals surface area contributed by atoms with Crippen molar-refractivity contribution in [3.05, 3.63) is 29.8 Å². The van der Waals surface area contributed by atoms with Gasteiger partial charge in [-0.3, -0.25) is 9.59 Å². The first-order valence-corrected chi connectivity index (χ1v) is 6.93. The molecule has 1 aliphatic rings. The molecule has 2 rings (SSSR count). The smallest absolute Gasteiger partial charge is 0.548 e. The molecule has 23 heavy (non-hydrogen) atoms. The first kappa shape index (κ1) is 20.3. The monoisotopic (exact) mass is 344 g/mol. The molecule has 8 heteroatoms. The van der Waals surface area contributed by atoms with Crippen LogP contribution in [0.15, 0.2) is 24.3 Å². The predicted molar refractivity (Wildman–Crippen MR) is 75.9 cm³/mol. The Hall–Kier alpha value is -0.774. The third-order valence-electron chi connectivity index (χ3n) is 3.76. The van der Waals surface area contributed by atoms with E-state index in [0.717, 1.165) is 0 Å². The molecule has 2 N–H and O–H groups in total. The zero-order valence-corrected chi connectivity index (χ0v) is 16.2. The van der Waals surface area contributed by atoms with E-state index in [2.05, 4.69) is 5.32 Å². The Labute approximate surface area is 176 Å². The molecule has 2 amide bonds. The zero-order valence-electron chi connectivity index (χ0n) is 13.1. The molecule has 0 saturated heterocycles. The number of anilines is 1. The van der Waals surface area contributed by atoms with Crippen LogP contribution < -0.4 is 66.7 Å². The normalized spacial score (nSPS) is 17.7. The first-order chi connectivity index (χ1) is 10.5. The van der Waals surface area contributed by atoms with Gasteiger partial charge in [-0.25, -0.2) is 0 Å². The Bertz CT molecular complexity index is 607. The minimum atomic E-state index is -1.46. The summed E-state index contributed by atoms with van der Waals surface area (Å²) in [4.78, 5) is 36.8. The van der Waals surface area contributed by atoms with Crippen molar-refractivity contribution in [3.63, 3.8) is 0 Å². The van der Waals surface area contributed by atoms with Crippen molar-refractivity contribution in [2.45, 2.75) is 24.8 Å². The van der Waals surface area contributed by atoms with Crippen molar-refractivity contribution < 1.29 is 76.0 Å². The van der Waals surface area contributed by atoms with Gasteiger partial charge in [-0.05, 0) is 18.1 Å². The van der Waals surface area contributed by atoms with Crippen LogP contribution in [-0.4, -0.2) is 42.6 Å². The van der Waals surface area contributed by atoms with Gasteiger partial charge in [0, 0.05) is 25.8 Å².